The fourth-order valence-corrected chi connectivity index (χ4v) is 4.77. The monoisotopic (exact) mass is 407 g/mol. The summed E-state index contributed by atoms with van der Waals surface area (Å²) in [5.41, 5.74) is 0.494. The highest BCUT2D eigenvalue weighted by Crippen LogP contribution is 2.31. The van der Waals surface area contributed by atoms with E-state index in [1.54, 1.807) is 23.1 Å². The zero-order valence-corrected chi connectivity index (χ0v) is 16.9. The molecule has 152 valence electrons. The molecule has 2 aliphatic rings. The molecule has 1 aromatic rings. The molecule has 8 nitrogen and oxygen atoms in total. The topological polar surface area (TPSA) is 105 Å². The number of nitrogens with one attached hydrogen (secondary N) is 1. The van der Waals surface area contributed by atoms with Crippen LogP contribution < -0.4 is 5.32 Å². The van der Waals surface area contributed by atoms with E-state index in [2.05, 4.69) is 9.71 Å². The number of sulfonamides is 1. The number of rotatable bonds is 6. The van der Waals surface area contributed by atoms with Gasteiger partial charge in [0.05, 0.1) is 0 Å². The maximum absolute atomic E-state index is 12.6. The number of hydrogen-bond donors (Lipinski definition) is 1. The standard InChI is InChI=1S/C19H25N3O5S/c1-3-13(4-2)20-17(23)12-27-19(24)15-9-7-11-22(15)18-14-8-5-6-10-16(14)28(25,26)21-18/h5-6,8,10,13,15H,3-4,7,9,11-12H2,1-2H3,(H,20,23)/t15-/m0/s1. The number of nitrogens with zero attached hydrogens (tertiary/aromatic N) is 2. The van der Waals surface area contributed by atoms with Crippen molar-refractivity contribution in [1.29, 1.82) is 0 Å². The summed E-state index contributed by atoms with van der Waals surface area (Å²) < 4.78 is 33.7. The summed E-state index contributed by atoms with van der Waals surface area (Å²) >= 11 is 0. The molecule has 0 aromatic heterocycles. The van der Waals surface area contributed by atoms with Crippen LogP contribution in [0, 0.1) is 0 Å². The Hall–Kier alpha value is -2.42. The van der Waals surface area contributed by atoms with Gasteiger partial charge in [-0.1, -0.05) is 26.0 Å². The molecule has 0 bridgehead atoms. The van der Waals surface area contributed by atoms with E-state index in [0.29, 0.717) is 24.9 Å². The lowest BCUT2D eigenvalue weighted by Crippen LogP contribution is -2.43. The Morgan fingerprint density at radius 2 is 2.00 bits per heavy atom. The number of fused-ring (bicyclic) bond motifs is 1. The Labute approximate surface area is 165 Å². The number of hydrogen-bond acceptors (Lipinski definition) is 6. The molecule has 1 saturated heterocycles. The van der Waals surface area contributed by atoms with Gasteiger partial charge in [0.15, 0.2) is 12.4 Å². The van der Waals surface area contributed by atoms with Gasteiger partial charge in [-0.15, -0.1) is 4.40 Å². The first-order valence-corrected chi connectivity index (χ1v) is 11.0. The van der Waals surface area contributed by atoms with E-state index in [0.717, 1.165) is 12.8 Å². The number of carbonyl (C=O) groups is 2. The molecular formula is C19H25N3O5S. The van der Waals surface area contributed by atoms with Crippen molar-refractivity contribution in [2.45, 2.75) is 56.5 Å². The Morgan fingerprint density at radius 1 is 1.29 bits per heavy atom. The van der Waals surface area contributed by atoms with Gasteiger partial charge in [-0.3, -0.25) is 4.79 Å². The van der Waals surface area contributed by atoms with Gasteiger partial charge in [-0.2, -0.15) is 8.42 Å². The first-order chi connectivity index (χ1) is 13.4. The second kappa shape index (κ2) is 8.30. The normalized spacial score (nSPS) is 20.0. The molecule has 2 aliphatic heterocycles. The lowest BCUT2D eigenvalue weighted by Gasteiger charge is -2.25. The van der Waals surface area contributed by atoms with Crippen LogP contribution in [0.1, 0.15) is 45.1 Å². The first kappa shape index (κ1) is 20.3. The van der Waals surface area contributed by atoms with Crippen molar-refractivity contribution < 1.29 is 22.7 Å². The van der Waals surface area contributed by atoms with Crippen molar-refractivity contribution in [2.75, 3.05) is 13.2 Å². The highest BCUT2D eigenvalue weighted by atomic mass is 32.2. The van der Waals surface area contributed by atoms with Crippen molar-refractivity contribution >= 4 is 27.7 Å². The average molecular weight is 407 g/mol. The third kappa shape index (κ3) is 4.04. The second-order valence-electron chi connectivity index (χ2n) is 6.93. The van der Waals surface area contributed by atoms with Gasteiger partial charge >= 0.3 is 5.97 Å². The van der Waals surface area contributed by atoms with Crippen LogP contribution in [0.15, 0.2) is 33.6 Å². The molecule has 3 rings (SSSR count). The number of esters is 1. The lowest BCUT2D eigenvalue weighted by atomic mass is 10.1. The van der Waals surface area contributed by atoms with E-state index < -0.39 is 22.0 Å². The zero-order chi connectivity index (χ0) is 20.3. The van der Waals surface area contributed by atoms with Crippen molar-refractivity contribution in [1.82, 2.24) is 10.2 Å². The largest absolute Gasteiger partial charge is 0.454 e. The zero-order valence-electron chi connectivity index (χ0n) is 16.1. The molecule has 28 heavy (non-hydrogen) atoms. The quantitative estimate of drug-likeness (QED) is 0.716. The Balaban J connectivity index is 1.69. The SMILES string of the molecule is CCC(CC)NC(=O)COC(=O)[C@@H]1CCCN1C1=NS(=O)(=O)c2ccccc21. The molecule has 9 heteroatoms. The summed E-state index contributed by atoms with van der Waals surface area (Å²) in [7, 11) is -3.76. The van der Waals surface area contributed by atoms with Crippen molar-refractivity contribution in [2.24, 2.45) is 4.40 Å². The molecule has 1 atom stereocenters. The predicted molar refractivity (Wildman–Crippen MR) is 103 cm³/mol. The third-order valence-electron chi connectivity index (χ3n) is 5.11. The maximum atomic E-state index is 12.6. The smallest absolute Gasteiger partial charge is 0.329 e. The van der Waals surface area contributed by atoms with Gasteiger partial charge in [0, 0.05) is 18.2 Å². The van der Waals surface area contributed by atoms with E-state index in [4.69, 9.17) is 4.74 Å². The van der Waals surface area contributed by atoms with E-state index in [9.17, 15) is 18.0 Å². The molecule has 0 radical (unpaired) electrons. The highest BCUT2D eigenvalue weighted by Gasteiger charge is 2.40. The number of carbonyl (C=O) groups excluding carboxylic acids is 2. The fraction of sp³-hybridized carbons (Fsp3) is 0.526. The molecule has 0 aliphatic carbocycles. The minimum Gasteiger partial charge on any atom is -0.454 e. The van der Waals surface area contributed by atoms with E-state index >= 15 is 0 Å². The van der Waals surface area contributed by atoms with Crippen molar-refractivity contribution in [3.63, 3.8) is 0 Å². The molecule has 1 N–H and O–H groups in total. The summed E-state index contributed by atoms with van der Waals surface area (Å²) in [5.74, 6) is -0.601. The highest BCUT2D eigenvalue weighted by molar-refractivity contribution is 7.90. The Morgan fingerprint density at radius 3 is 2.71 bits per heavy atom. The molecular weight excluding hydrogens is 382 g/mol. The van der Waals surface area contributed by atoms with Crippen LogP contribution in [0.3, 0.4) is 0 Å². The molecule has 0 spiro atoms. The lowest BCUT2D eigenvalue weighted by molar-refractivity contribution is -0.152. The minimum atomic E-state index is -3.76. The molecule has 1 aromatic carbocycles. The Kier molecular flexibility index (Phi) is 6.02. The van der Waals surface area contributed by atoms with E-state index in [1.165, 1.54) is 6.07 Å². The Bertz CT molecular complexity index is 893. The summed E-state index contributed by atoms with van der Waals surface area (Å²) in [6, 6.07) is 5.98. The number of ether oxygens (including phenoxy) is 1. The van der Waals surface area contributed by atoms with Gasteiger partial charge in [-0.05, 0) is 37.8 Å². The predicted octanol–water partition coefficient (Wildman–Crippen LogP) is 1.45. The molecule has 1 fully saturated rings. The van der Waals surface area contributed by atoms with Gasteiger partial charge in [0.25, 0.3) is 15.9 Å². The van der Waals surface area contributed by atoms with Crippen LogP contribution in [0.4, 0.5) is 0 Å². The van der Waals surface area contributed by atoms with E-state index in [1.807, 2.05) is 13.8 Å². The number of benzene rings is 1. The molecule has 1 amide bonds. The summed E-state index contributed by atoms with van der Waals surface area (Å²) in [6.07, 6.45) is 2.84. The number of amides is 1. The van der Waals surface area contributed by atoms with Gasteiger partial charge in [0.2, 0.25) is 0 Å². The minimum absolute atomic E-state index is 0.0590. The van der Waals surface area contributed by atoms with Crippen LogP contribution in [0.2, 0.25) is 0 Å². The summed E-state index contributed by atoms with van der Waals surface area (Å²) in [5, 5.41) is 2.82. The van der Waals surface area contributed by atoms with Crippen molar-refractivity contribution in [3.05, 3.63) is 29.8 Å². The number of amidine groups is 1. The van der Waals surface area contributed by atoms with Crippen molar-refractivity contribution in [3.8, 4) is 0 Å². The van der Waals surface area contributed by atoms with Gasteiger partial charge in [-0.25, -0.2) is 4.79 Å². The summed E-state index contributed by atoms with van der Waals surface area (Å²) in [4.78, 5) is 26.4. The van der Waals surface area contributed by atoms with Gasteiger partial charge in [0.1, 0.15) is 10.9 Å². The number of likely N-dealkylation sites (tertiary alicyclic amines) is 1. The van der Waals surface area contributed by atoms with Crippen LogP contribution in [0.25, 0.3) is 0 Å². The third-order valence-corrected chi connectivity index (χ3v) is 6.43. The molecule has 0 saturated carbocycles. The van der Waals surface area contributed by atoms with Gasteiger partial charge < -0.3 is 15.0 Å². The van der Waals surface area contributed by atoms with Crippen LogP contribution >= 0.6 is 0 Å². The van der Waals surface area contributed by atoms with Crippen LogP contribution in [0.5, 0.6) is 0 Å². The fourth-order valence-electron chi connectivity index (χ4n) is 3.56. The van der Waals surface area contributed by atoms with E-state index in [-0.39, 0.29) is 29.3 Å². The second-order valence-corrected chi connectivity index (χ2v) is 8.50. The maximum Gasteiger partial charge on any atom is 0.329 e. The first-order valence-electron chi connectivity index (χ1n) is 9.54. The molecule has 0 unspecified atom stereocenters. The summed E-state index contributed by atoms with van der Waals surface area (Å²) in [6.45, 7) is 4.11. The van der Waals surface area contributed by atoms with Crippen LogP contribution in [-0.4, -0.2) is 56.3 Å². The van der Waals surface area contributed by atoms with Crippen LogP contribution in [-0.2, 0) is 24.3 Å². The molecule has 2 heterocycles. The average Bonchev–Trinajstić information content (AvgIpc) is 3.27.